The van der Waals surface area contributed by atoms with E-state index in [1.54, 1.807) is 6.07 Å². The van der Waals surface area contributed by atoms with Crippen LogP contribution in [0, 0.1) is 0 Å². The van der Waals surface area contributed by atoms with Crippen molar-refractivity contribution in [2.45, 2.75) is 36.8 Å². The van der Waals surface area contributed by atoms with Gasteiger partial charge in [0.15, 0.2) is 0 Å². The zero-order valence-electron chi connectivity index (χ0n) is 10.9. The highest BCUT2D eigenvalue weighted by atomic mass is 32.2. The zero-order valence-corrected chi connectivity index (χ0v) is 11.7. The number of nitrogens with two attached hydrogens (primary N) is 1. The molecule has 1 fully saturated rings. The molecule has 1 unspecified atom stereocenters. The smallest absolute Gasteiger partial charge is 0.242 e. The number of aromatic nitrogens is 1. The van der Waals surface area contributed by atoms with E-state index in [2.05, 4.69) is 9.71 Å². The molecule has 1 aromatic heterocycles. The first-order chi connectivity index (χ1) is 8.95. The van der Waals surface area contributed by atoms with Crippen molar-refractivity contribution in [2.75, 3.05) is 13.2 Å². The number of hydrogen-bond donors (Lipinski definition) is 2. The Kier molecular flexibility index (Phi) is 4.19. The first-order valence-corrected chi connectivity index (χ1v) is 7.72. The average Bonchev–Trinajstić information content (AvgIpc) is 2.84. The van der Waals surface area contributed by atoms with E-state index in [0.717, 1.165) is 12.8 Å². The molecule has 0 aromatic carbocycles. The maximum absolute atomic E-state index is 12.1. The minimum Gasteiger partial charge on any atom is -0.374 e. The molecule has 1 atom stereocenters. The Morgan fingerprint density at radius 3 is 2.84 bits per heavy atom. The van der Waals surface area contributed by atoms with Gasteiger partial charge in [-0.15, -0.1) is 0 Å². The van der Waals surface area contributed by atoms with Crippen LogP contribution in [0.3, 0.4) is 0 Å². The number of pyridine rings is 1. The van der Waals surface area contributed by atoms with Crippen LogP contribution in [0.5, 0.6) is 0 Å². The lowest BCUT2D eigenvalue weighted by Crippen LogP contribution is -2.40. The second-order valence-electron chi connectivity index (χ2n) is 4.92. The quantitative estimate of drug-likeness (QED) is 0.816. The molecule has 1 aromatic rings. The minimum atomic E-state index is -3.54. The van der Waals surface area contributed by atoms with Crippen molar-refractivity contribution in [2.24, 2.45) is 5.73 Å². The van der Waals surface area contributed by atoms with E-state index >= 15 is 0 Å². The highest BCUT2D eigenvalue weighted by Crippen LogP contribution is 2.24. The second-order valence-corrected chi connectivity index (χ2v) is 6.68. The Labute approximate surface area is 113 Å². The maximum atomic E-state index is 12.1. The van der Waals surface area contributed by atoms with Crippen LogP contribution in [0.2, 0.25) is 0 Å². The topological polar surface area (TPSA) is 94.3 Å². The van der Waals surface area contributed by atoms with E-state index in [-0.39, 0.29) is 11.4 Å². The van der Waals surface area contributed by atoms with Gasteiger partial charge in [-0.05, 0) is 31.9 Å². The lowest BCUT2D eigenvalue weighted by atomic mass is 10.0. The molecular formula is C12H19N3O3S. The van der Waals surface area contributed by atoms with Gasteiger partial charge in [-0.2, -0.15) is 0 Å². The third-order valence-corrected chi connectivity index (χ3v) is 4.64. The molecule has 0 aliphatic carbocycles. The summed E-state index contributed by atoms with van der Waals surface area (Å²) in [7, 11) is -3.54. The summed E-state index contributed by atoms with van der Waals surface area (Å²) >= 11 is 0. The number of ether oxygens (including phenoxy) is 1. The summed E-state index contributed by atoms with van der Waals surface area (Å²) < 4.78 is 32.3. The number of nitrogens with one attached hydrogen (secondary N) is 1. The molecular weight excluding hydrogens is 266 g/mol. The van der Waals surface area contributed by atoms with Crippen molar-refractivity contribution in [3.63, 3.8) is 0 Å². The van der Waals surface area contributed by atoms with Crippen LogP contribution in [-0.2, 0) is 21.3 Å². The van der Waals surface area contributed by atoms with Crippen LogP contribution in [0.15, 0.2) is 23.2 Å². The molecule has 0 spiro atoms. The molecule has 0 saturated carbocycles. The summed E-state index contributed by atoms with van der Waals surface area (Å²) in [5.74, 6) is 0. The van der Waals surface area contributed by atoms with Gasteiger partial charge in [-0.3, -0.25) is 4.98 Å². The molecule has 2 rings (SSSR count). The molecule has 1 aliphatic rings. The monoisotopic (exact) mass is 285 g/mol. The number of nitrogens with zero attached hydrogens (tertiary/aromatic N) is 1. The first-order valence-electron chi connectivity index (χ1n) is 6.24. The highest BCUT2D eigenvalue weighted by molar-refractivity contribution is 7.89. The molecule has 19 heavy (non-hydrogen) atoms. The molecule has 7 heteroatoms. The van der Waals surface area contributed by atoms with Gasteiger partial charge in [-0.1, -0.05) is 0 Å². The predicted octanol–water partition coefficient (Wildman–Crippen LogP) is 0.388. The largest absolute Gasteiger partial charge is 0.374 e. The Bertz CT molecular complexity index is 522. The van der Waals surface area contributed by atoms with E-state index in [0.29, 0.717) is 18.8 Å². The number of rotatable bonds is 5. The van der Waals surface area contributed by atoms with Crippen molar-refractivity contribution in [3.05, 3.63) is 24.0 Å². The lowest BCUT2D eigenvalue weighted by Gasteiger charge is -2.23. The maximum Gasteiger partial charge on any atom is 0.242 e. The third kappa shape index (κ3) is 3.50. The van der Waals surface area contributed by atoms with Crippen LogP contribution in [-0.4, -0.2) is 32.2 Å². The van der Waals surface area contributed by atoms with Gasteiger partial charge in [0.1, 0.15) is 4.90 Å². The van der Waals surface area contributed by atoms with E-state index in [9.17, 15) is 8.42 Å². The molecule has 6 nitrogen and oxygen atoms in total. The standard InChI is InChI=1S/C12H19N3O3S/c1-12(5-2-6-18-12)9-15-19(16,17)11-4-3-10(7-13)14-8-11/h3-4,8,15H,2,5-7,9,13H2,1H3. The molecule has 2 heterocycles. The predicted molar refractivity (Wildman–Crippen MR) is 70.9 cm³/mol. The summed E-state index contributed by atoms with van der Waals surface area (Å²) in [6.07, 6.45) is 3.15. The fourth-order valence-electron chi connectivity index (χ4n) is 2.00. The Morgan fingerprint density at radius 1 is 1.53 bits per heavy atom. The van der Waals surface area contributed by atoms with Crippen molar-refractivity contribution in [3.8, 4) is 0 Å². The fourth-order valence-corrected chi connectivity index (χ4v) is 3.10. The Hall–Kier alpha value is -1.02. The molecule has 1 aliphatic heterocycles. The van der Waals surface area contributed by atoms with E-state index in [4.69, 9.17) is 10.5 Å². The summed E-state index contributed by atoms with van der Waals surface area (Å²) in [4.78, 5) is 4.13. The van der Waals surface area contributed by atoms with Crippen molar-refractivity contribution in [1.29, 1.82) is 0 Å². The van der Waals surface area contributed by atoms with Gasteiger partial charge < -0.3 is 10.5 Å². The van der Waals surface area contributed by atoms with Gasteiger partial charge in [0.05, 0.1) is 11.3 Å². The third-order valence-electron chi connectivity index (χ3n) is 3.25. The number of sulfonamides is 1. The highest BCUT2D eigenvalue weighted by Gasteiger charge is 2.31. The first kappa shape index (κ1) is 14.4. The lowest BCUT2D eigenvalue weighted by molar-refractivity contribution is 0.0250. The van der Waals surface area contributed by atoms with Gasteiger partial charge >= 0.3 is 0 Å². The number of hydrogen-bond acceptors (Lipinski definition) is 5. The Morgan fingerprint density at radius 2 is 2.32 bits per heavy atom. The van der Waals surface area contributed by atoms with Crippen molar-refractivity contribution < 1.29 is 13.2 Å². The van der Waals surface area contributed by atoms with Gasteiger partial charge in [0.2, 0.25) is 10.0 Å². The van der Waals surface area contributed by atoms with Crippen LogP contribution in [0.1, 0.15) is 25.5 Å². The van der Waals surface area contributed by atoms with E-state index in [1.807, 2.05) is 6.92 Å². The molecule has 0 radical (unpaired) electrons. The van der Waals surface area contributed by atoms with Crippen molar-refractivity contribution in [1.82, 2.24) is 9.71 Å². The fraction of sp³-hybridized carbons (Fsp3) is 0.583. The molecule has 0 bridgehead atoms. The molecule has 1 saturated heterocycles. The zero-order chi connectivity index (χ0) is 13.9. The summed E-state index contributed by atoms with van der Waals surface area (Å²) in [5, 5.41) is 0. The van der Waals surface area contributed by atoms with E-state index in [1.165, 1.54) is 12.3 Å². The van der Waals surface area contributed by atoms with Crippen molar-refractivity contribution >= 4 is 10.0 Å². The molecule has 106 valence electrons. The summed E-state index contributed by atoms with van der Waals surface area (Å²) in [6.45, 7) is 3.16. The summed E-state index contributed by atoms with van der Waals surface area (Å²) in [5.41, 5.74) is 5.68. The molecule has 3 N–H and O–H groups in total. The average molecular weight is 285 g/mol. The van der Waals surface area contributed by atoms with E-state index < -0.39 is 15.6 Å². The van der Waals surface area contributed by atoms with Gasteiger partial charge in [-0.25, -0.2) is 13.1 Å². The Balaban J connectivity index is 2.05. The minimum absolute atomic E-state index is 0.145. The SMILES string of the molecule is CC1(CNS(=O)(=O)c2ccc(CN)nc2)CCCO1. The van der Waals surface area contributed by atoms with Crippen LogP contribution in [0.4, 0.5) is 0 Å². The van der Waals surface area contributed by atoms with Crippen LogP contribution < -0.4 is 10.5 Å². The second kappa shape index (κ2) is 5.54. The molecule has 0 amide bonds. The van der Waals surface area contributed by atoms with Crippen LogP contribution in [0.25, 0.3) is 0 Å². The van der Waals surface area contributed by atoms with Crippen LogP contribution >= 0.6 is 0 Å². The van der Waals surface area contributed by atoms with Gasteiger partial charge in [0, 0.05) is 25.9 Å². The summed E-state index contributed by atoms with van der Waals surface area (Å²) in [6, 6.07) is 3.12. The normalized spacial score (nSPS) is 23.7. The van der Waals surface area contributed by atoms with Gasteiger partial charge in [0.25, 0.3) is 0 Å².